The van der Waals surface area contributed by atoms with Gasteiger partial charge < -0.3 is 9.67 Å². The molecule has 2 aromatic carbocycles. The van der Waals surface area contributed by atoms with Crippen molar-refractivity contribution in [3.05, 3.63) is 75.1 Å². The molecule has 0 radical (unpaired) electrons. The molecule has 0 spiro atoms. The molecular weight excluding hydrogens is 368 g/mol. The molecule has 134 valence electrons. The molecule has 0 atom stereocenters. The van der Waals surface area contributed by atoms with Crippen molar-refractivity contribution in [2.75, 3.05) is 0 Å². The predicted molar refractivity (Wildman–Crippen MR) is 76.3 cm³/mol. The molecule has 0 saturated heterocycles. The van der Waals surface area contributed by atoms with Crippen LogP contribution in [0.2, 0.25) is 0 Å². The van der Waals surface area contributed by atoms with Gasteiger partial charge in [0.15, 0.2) is 23.3 Å². The number of hydrogen-bond acceptors (Lipinski definition) is 2. The van der Waals surface area contributed by atoms with Gasteiger partial charge in [-0.15, -0.1) is 0 Å². The first-order chi connectivity index (χ1) is 12.1. The number of rotatable bonds is 2. The fraction of sp³-hybridized carbons (Fsp3) is 0. The molecule has 0 aliphatic carbocycles. The summed E-state index contributed by atoms with van der Waals surface area (Å²) in [6.07, 6.45) is 0.406. The number of aromatic nitrogens is 1. The summed E-state index contributed by atoms with van der Waals surface area (Å²) in [7, 11) is 0. The molecule has 3 rings (SSSR count). The van der Waals surface area contributed by atoms with E-state index in [1.807, 2.05) is 0 Å². The molecule has 0 unspecified atom stereocenters. The van der Waals surface area contributed by atoms with Gasteiger partial charge in [-0.3, -0.25) is 4.79 Å². The number of carboxylic acids is 1. The second-order valence-electron chi connectivity index (χ2n) is 5.12. The summed E-state index contributed by atoms with van der Waals surface area (Å²) in [5.41, 5.74) is -4.75. The molecule has 1 N–H and O–H groups in total. The molecule has 0 saturated carbocycles. The van der Waals surface area contributed by atoms with Crippen molar-refractivity contribution in [3.8, 4) is 5.69 Å². The Morgan fingerprint density at radius 1 is 0.923 bits per heavy atom. The lowest BCUT2D eigenvalue weighted by Gasteiger charge is -2.15. The van der Waals surface area contributed by atoms with Crippen LogP contribution in [0.25, 0.3) is 16.6 Å². The summed E-state index contributed by atoms with van der Waals surface area (Å²) in [4.78, 5) is 23.3. The van der Waals surface area contributed by atoms with Crippen molar-refractivity contribution in [1.82, 2.24) is 4.57 Å². The van der Waals surface area contributed by atoms with E-state index in [4.69, 9.17) is 5.11 Å². The molecular formula is C16H5F6NO3. The first-order valence-corrected chi connectivity index (χ1v) is 6.75. The number of benzene rings is 2. The van der Waals surface area contributed by atoms with E-state index in [0.29, 0.717) is 22.9 Å². The van der Waals surface area contributed by atoms with Crippen LogP contribution in [-0.2, 0) is 0 Å². The van der Waals surface area contributed by atoms with Gasteiger partial charge in [-0.05, 0) is 12.1 Å². The number of carboxylic acid groups (broad SMARTS) is 1. The van der Waals surface area contributed by atoms with E-state index >= 15 is 0 Å². The van der Waals surface area contributed by atoms with Gasteiger partial charge in [-0.2, -0.15) is 0 Å². The summed E-state index contributed by atoms with van der Waals surface area (Å²) >= 11 is 0. The predicted octanol–water partition coefficient (Wildman–Crippen LogP) is 3.52. The highest BCUT2D eigenvalue weighted by molar-refractivity contribution is 5.93. The van der Waals surface area contributed by atoms with E-state index in [9.17, 15) is 35.9 Å². The van der Waals surface area contributed by atoms with E-state index in [0.717, 1.165) is 6.07 Å². The van der Waals surface area contributed by atoms with Crippen LogP contribution in [0, 0.1) is 34.9 Å². The minimum Gasteiger partial charge on any atom is -0.477 e. The summed E-state index contributed by atoms with van der Waals surface area (Å²) < 4.78 is 82.8. The number of aromatic carboxylic acids is 1. The summed E-state index contributed by atoms with van der Waals surface area (Å²) in [6.45, 7) is 0. The second kappa shape index (κ2) is 5.90. The Kier molecular flexibility index (Phi) is 3.98. The highest BCUT2D eigenvalue weighted by atomic mass is 19.2. The maximum absolute atomic E-state index is 14.2. The van der Waals surface area contributed by atoms with Crippen LogP contribution in [0.4, 0.5) is 26.3 Å². The number of fused-ring (bicyclic) bond motifs is 1. The van der Waals surface area contributed by atoms with Crippen molar-refractivity contribution in [3.63, 3.8) is 0 Å². The quantitative estimate of drug-likeness (QED) is 0.425. The zero-order valence-electron chi connectivity index (χ0n) is 12.3. The first kappa shape index (κ1) is 17.5. The van der Waals surface area contributed by atoms with E-state index in [1.54, 1.807) is 0 Å². The maximum Gasteiger partial charge on any atom is 0.341 e. The van der Waals surface area contributed by atoms with Crippen molar-refractivity contribution < 1.29 is 36.2 Å². The number of halogens is 6. The van der Waals surface area contributed by atoms with Gasteiger partial charge in [-0.1, -0.05) is 0 Å². The van der Waals surface area contributed by atoms with Crippen molar-refractivity contribution in [2.24, 2.45) is 0 Å². The topological polar surface area (TPSA) is 59.3 Å². The van der Waals surface area contributed by atoms with Gasteiger partial charge in [-0.25, -0.2) is 31.1 Å². The fourth-order valence-corrected chi connectivity index (χ4v) is 2.46. The number of carbonyl (C=O) groups is 1. The van der Waals surface area contributed by atoms with E-state index < -0.39 is 68.5 Å². The highest BCUT2D eigenvalue weighted by Crippen LogP contribution is 2.28. The molecule has 0 fully saturated rings. The Labute approximate surface area is 139 Å². The molecule has 0 bridgehead atoms. The lowest BCUT2D eigenvalue weighted by Crippen LogP contribution is -2.22. The minimum atomic E-state index is -2.33. The normalized spacial score (nSPS) is 11.2. The summed E-state index contributed by atoms with van der Waals surface area (Å²) in [6, 6.07) is 1.77. The zero-order chi connectivity index (χ0) is 19.3. The van der Waals surface area contributed by atoms with Crippen LogP contribution in [0.1, 0.15) is 10.4 Å². The molecule has 1 aromatic heterocycles. The third kappa shape index (κ3) is 2.41. The Morgan fingerprint density at radius 2 is 1.54 bits per heavy atom. The molecule has 0 aliphatic heterocycles. The van der Waals surface area contributed by atoms with Crippen LogP contribution in [0.3, 0.4) is 0 Å². The molecule has 0 aliphatic rings. The Morgan fingerprint density at radius 3 is 2.12 bits per heavy atom. The number of pyridine rings is 1. The Balaban J connectivity index is 2.64. The fourth-order valence-electron chi connectivity index (χ4n) is 2.46. The monoisotopic (exact) mass is 373 g/mol. The van der Waals surface area contributed by atoms with Crippen LogP contribution >= 0.6 is 0 Å². The summed E-state index contributed by atoms with van der Waals surface area (Å²) in [5, 5.41) is 7.62. The van der Waals surface area contributed by atoms with Crippen molar-refractivity contribution >= 4 is 16.9 Å². The largest absolute Gasteiger partial charge is 0.477 e. The van der Waals surface area contributed by atoms with Gasteiger partial charge in [0.1, 0.15) is 17.2 Å². The third-order valence-electron chi connectivity index (χ3n) is 3.61. The molecule has 3 aromatic rings. The van der Waals surface area contributed by atoms with E-state index in [-0.39, 0.29) is 0 Å². The van der Waals surface area contributed by atoms with E-state index in [2.05, 4.69) is 0 Å². The molecule has 4 nitrogen and oxygen atoms in total. The molecule has 10 heteroatoms. The van der Waals surface area contributed by atoms with Gasteiger partial charge in [0, 0.05) is 12.3 Å². The molecule has 0 amide bonds. The van der Waals surface area contributed by atoms with Gasteiger partial charge >= 0.3 is 5.97 Å². The molecule has 26 heavy (non-hydrogen) atoms. The standard InChI is InChI=1S/C16H5F6NO3/c17-5-1-2-8(7(18)3-5)23-4-6(16(25)26)15(24)9-10(19)11(20)12(21)13(22)14(9)23/h1-4H,(H,25,26). The Bertz CT molecular complexity index is 1160. The highest BCUT2D eigenvalue weighted by Gasteiger charge is 2.28. The van der Waals surface area contributed by atoms with Crippen LogP contribution in [-0.4, -0.2) is 15.6 Å². The first-order valence-electron chi connectivity index (χ1n) is 6.75. The van der Waals surface area contributed by atoms with Crippen LogP contribution in [0.5, 0.6) is 0 Å². The molecule has 1 heterocycles. The van der Waals surface area contributed by atoms with Crippen LogP contribution < -0.4 is 5.43 Å². The van der Waals surface area contributed by atoms with Crippen molar-refractivity contribution in [1.29, 1.82) is 0 Å². The van der Waals surface area contributed by atoms with Crippen molar-refractivity contribution in [2.45, 2.75) is 0 Å². The van der Waals surface area contributed by atoms with Gasteiger partial charge in [0.05, 0.1) is 16.6 Å². The lowest BCUT2D eigenvalue weighted by atomic mass is 10.1. The number of nitrogens with zero attached hydrogens (tertiary/aromatic N) is 1. The van der Waals surface area contributed by atoms with Gasteiger partial charge in [0.25, 0.3) is 0 Å². The average Bonchev–Trinajstić information content (AvgIpc) is 2.57. The number of hydrogen-bond donors (Lipinski definition) is 1. The Hall–Kier alpha value is -3.30. The summed E-state index contributed by atoms with van der Waals surface area (Å²) in [5.74, 6) is -13.1. The van der Waals surface area contributed by atoms with Gasteiger partial charge in [0.2, 0.25) is 5.43 Å². The minimum absolute atomic E-state index is 0.301. The zero-order valence-corrected chi connectivity index (χ0v) is 12.3. The smallest absolute Gasteiger partial charge is 0.341 e. The average molecular weight is 373 g/mol. The van der Waals surface area contributed by atoms with Crippen LogP contribution in [0.15, 0.2) is 29.2 Å². The second-order valence-corrected chi connectivity index (χ2v) is 5.12. The lowest BCUT2D eigenvalue weighted by molar-refractivity contribution is 0.0695. The third-order valence-corrected chi connectivity index (χ3v) is 3.61. The maximum atomic E-state index is 14.2. The SMILES string of the molecule is O=C(O)c1cn(-c2ccc(F)cc2F)c2c(F)c(F)c(F)c(F)c2c1=O. The van der Waals surface area contributed by atoms with E-state index in [1.165, 1.54) is 0 Å².